The minimum atomic E-state index is 0.0637. The molecular formula is C13H17NOS. The molecule has 86 valence electrons. The molecule has 0 amide bonds. The van der Waals surface area contributed by atoms with Gasteiger partial charge in [0.1, 0.15) is 0 Å². The Hall–Kier alpha value is -0.800. The van der Waals surface area contributed by atoms with E-state index in [1.807, 2.05) is 30.0 Å². The molecule has 0 saturated carbocycles. The summed E-state index contributed by atoms with van der Waals surface area (Å²) in [5.74, 6) is 3.02. The van der Waals surface area contributed by atoms with Crippen molar-refractivity contribution < 1.29 is 4.79 Å². The minimum absolute atomic E-state index is 0.0637. The van der Waals surface area contributed by atoms with Crippen LogP contribution < -0.4 is 5.73 Å². The van der Waals surface area contributed by atoms with Crippen LogP contribution in [0.15, 0.2) is 24.3 Å². The smallest absolute Gasteiger partial charge is 0.176 e. The molecule has 1 fully saturated rings. The van der Waals surface area contributed by atoms with E-state index in [0.717, 1.165) is 5.56 Å². The van der Waals surface area contributed by atoms with Gasteiger partial charge in [0.25, 0.3) is 0 Å². The van der Waals surface area contributed by atoms with Crippen molar-refractivity contribution in [3.8, 4) is 0 Å². The van der Waals surface area contributed by atoms with E-state index in [4.69, 9.17) is 5.73 Å². The lowest BCUT2D eigenvalue weighted by molar-refractivity contribution is 0.1000. The molecule has 0 atom stereocenters. The Labute approximate surface area is 101 Å². The second kappa shape index (κ2) is 5.51. The molecule has 1 aromatic rings. The van der Waals surface area contributed by atoms with E-state index in [1.54, 1.807) is 0 Å². The summed E-state index contributed by atoms with van der Waals surface area (Å²) in [6.07, 6.45) is 2.36. The third-order valence-corrected chi connectivity index (χ3v) is 4.16. The van der Waals surface area contributed by atoms with Crippen molar-refractivity contribution in [3.63, 3.8) is 0 Å². The summed E-state index contributed by atoms with van der Waals surface area (Å²) in [7, 11) is 0. The number of thioether (sulfide) groups is 1. The number of carbonyl (C=O) groups excluding carboxylic acids is 1. The van der Waals surface area contributed by atoms with E-state index in [9.17, 15) is 4.79 Å². The highest BCUT2D eigenvalue weighted by Crippen LogP contribution is 2.33. The molecule has 1 saturated heterocycles. The number of carbonyl (C=O) groups is 1. The van der Waals surface area contributed by atoms with E-state index >= 15 is 0 Å². The molecule has 0 radical (unpaired) electrons. The number of Topliss-reactive ketones (excluding diaryl/α,β-unsaturated/α-hetero) is 1. The molecule has 3 heteroatoms. The molecule has 2 nitrogen and oxygen atoms in total. The van der Waals surface area contributed by atoms with Gasteiger partial charge in [-0.1, -0.05) is 24.3 Å². The maximum absolute atomic E-state index is 11.7. The molecule has 1 heterocycles. The van der Waals surface area contributed by atoms with E-state index in [2.05, 4.69) is 6.07 Å². The second-order valence-electron chi connectivity index (χ2n) is 4.10. The molecule has 2 rings (SSSR count). The fourth-order valence-electron chi connectivity index (χ4n) is 2.23. The number of nitrogens with two attached hydrogens (primary N) is 1. The van der Waals surface area contributed by atoms with Crippen LogP contribution in [-0.2, 0) is 0 Å². The zero-order valence-corrected chi connectivity index (χ0v) is 10.1. The van der Waals surface area contributed by atoms with Crippen LogP contribution in [0.5, 0.6) is 0 Å². The molecule has 0 aliphatic carbocycles. The molecular weight excluding hydrogens is 218 g/mol. The van der Waals surface area contributed by atoms with Crippen LogP contribution in [0.25, 0.3) is 0 Å². The summed E-state index contributed by atoms with van der Waals surface area (Å²) in [5.41, 5.74) is 7.49. The second-order valence-corrected chi connectivity index (χ2v) is 5.33. The maximum atomic E-state index is 11.7. The first-order valence-electron chi connectivity index (χ1n) is 5.73. The normalized spacial score (nSPS) is 17.3. The van der Waals surface area contributed by atoms with Gasteiger partial charge in [0.2, 0.25) is 0 Å². The number of hydrogen-bond acceptors (Lipinski definition) is 3. The third-order valence-electron chi connectivity index (χ3n) is 3.11. The molecule has 16 heavy (non-hydrogen) atoms. The average molecular weight is 235 g/mol. The molecule has 0 unspecified atom stereocenters. The third kappa shape index (κ3) is 2.47. The SMILES string of the molecule is NCC(=O)c1ccccc1C1CCSCC1. The Kier molecular flexibility index (Phi) is 4.02. The quantitative estimate of drug-likeness (QED) is 0.818. The van der Waals surface area contributed by atoms with Crippen molar-refractivity contribution >= 4 is 17.5 Å². The van der Waals surface area contributed by atoms with Crippen LogP contribution in [0, 0.1) is 0 Å². The summed E-state index contributed by atoms with van der Waals surface area (Å²) in [6.45, 7) is 0.110. The van der Waals surface area contributed by atoms with Crippen molar-refractivity contribution in [2.75, 3.05) is 18.1 Å². The summed E-state index contributed by atoms with van der Waals surface area (Å²) >= 11 is 2.00. The van der Waals surface area contributed by atoms with Gasteiger partial charge in [0, 0.05) is 5.56 Å². The number of hydrogen-bond donors (Lipinski definition) is 1. The van der Waals surface area contributed by atoms with Gasteiger partial charge in [0.15, 0.2) is 5.78 Å². The Balaban J connectivity index is 2.28. The lowest BCUT2D eigenvalue weighted by Gasteiger charge is -2.23. The summed E-state index contributed by atoms with van der Waals surface area (Å²) < 4.78 is 0. The molecule has 0 aromatic heterocycles. The Morgan fingerprint density at radius 1 is 1.31 bits per heavy atom. The van der Waals surface area contributed by atoms with Crippen LogP contribution >= 0.6 is 11.8 Å². The van der Waals surface area contributed by atoms with Crippen LogP contribution in [0.4, 0.5) is 0 Å². The Bertz CT molecular complexity index is 372. The molecule has 2 N–H and O–H groups in total. The number of ketones is 1. The van der Waals surface area contributed by atoms with E-state index in [-0.39, 0.29) is 12.3 Å². The van der Waals surface area contributed by atoms with Crippen molar-refractivity contribution in [2.24, 2.45) is 5.73 Å². The zero-order valence-electron chi connectivity index (χ0n) is 9.32. The van der Waals surface area contributed by atoms with Gasteiger partial charge in [-0.15, -0.1) is 0 Å². The summed E-state index contributed by atoms with van der Waals surface area (Å²) in [4.78, 5) is 11.7. The largest absolute Gasteiger partial charge is 0.324 e. The van der Waals surface area contributed by atoms with Gasteiger partial charge in [-0.05, 0) is 35.8 Å². The first-order valence-corrected chi connectivity index (χ1v) is 6.88. The van der Waals surface area contributed by atoms with Crippen LogP contribution in [0.1, 0.15) is 34.7 Å². The molecule has 1 aliphatic heterocycles. The van der Waals surface area contributed by atoms with Gasteiger partial charge < -0.3 is 5.73 Å². The van der Waals surface area contributed by atoms with Crippen molar-refractivity contribution in [3.05, 3.63) is 35.4 Å². The van der Waals surface area contributed by atoms with Crippen molar-refractivity contribution in [2.45, 2.75) is 18.8 Å². The lowest BCUT2D eigenvalue weighted by Crippen LogP contribution is -2.18. The molecule has 0 spiro atoms. The van der Waals surface area contributed by atoms with Crippen molar-refractivity contribution in [1.29, 1.82) is 0 Å². The van der Waals surface area contributed by atoms with Gasteiger partial charge in [-0.2, -0.15) is 11.8 Å². The Morgan fingerprint density at radius 2 is 2.00 bits per heavy atom. The zero-order chi connectivity index (χ0) is 11.4. The fraction of sp³-hybridized carbons (Fsp3) is 0.462. The number of benzene rings is 1. The fourth-order valence-corrected chi connectivity index (χ4v) is 3.33. The van der Waals surface area contributed by atoms with Gasteiger partial charge >= 0.3 is 0 Å². The standard InChI is InChI=1S/C13H17NOS/c14-9-13(15)12-4-2-1-3-11(12)10-5-7-16-8-6-10/h1-4,10H,5-9,14H2. The lowest BCUT2D eigenvalue weighted by atomic mass is 9.88. The minimum Gasteiger partial charge on any atom is -0.324 e. The highest BCUT2D eigenvalue weighted by atomic mass is 32.2. The monoisotopic (exact) mass is 235 g/mol. The topological polar surface area (TPSA) is 43.1 Å². The Morgan fingerprint density at radius 3 is 2.69 bits per heavy atom. The van der Waals surface area contributed by atoms with Crippen molar-refractivity contribution in [1.82, 2.24) is 0 Å². The first-order chi connectivity index (χ1) is 7.83. The molecule has 1 aliphatic rings. The van der Waals surface area contributed by atoms with E-state index in [0.29, 0.717) is 5.92 Å². The molecule has 0 bridgehead atoms. The van der Waals surface area contributed by atoms with Crippen LogP contribution in [0.2, 0.25) is 0 Å². The number of rotatable bonds is 3. The summed E-state index contributed by atoms with van der Waals surface area (Å²) in [6, 6.07) is 7.93. The maximum Gasteiger partial charge on any atom is 0.176 e. The predicted octanol–water partition coefficient (Wildman–Crippen LogP) is 2.44. The van der Waals surface area contributed by atoms with Crippen LogP contribution in [-0.4, -0.2) is 23.8 Å². The van der Waals surface area contributed by atoms with Gasteiger partial charge in [-0.3, -0.25) is 4.79 Å². The van der Waals surface area contributed by atoms with Gasteiger partial charge in [0.05, 0.1) is 6.54 Å². The van der Waals surface area contributed by atoms with Crippen LogP contribution in [0.3, 0.4) is 0 Å². The highest BCUT2D eigenvalue weighted by molar-refractivity contribution is 7.99. The van der Waals surface area contributed by atoms with Gasteiger partial charge in [-0.25, -0.2) is 0 Å². The average Bonchev–Trinajstić information content (AvgIpc) is 2.39. The predicted molar refractivity (Wildman–Crippen MR) is 69.1 cm³/mol. The first kappa shape index (κ1) is 11.7. The highest BCUT2D eigenvalue weighted by Gasteiger charge is 2.20. The van der Waals surface area contributed by atoms with E-state index < -0.39 is 0 Å². The molecule has 1 aromatic carbocycles. The van der Waals surface area contributed by atoms with E-state index in [1.165, 1.54) is 29.9 Å². The summed E-state index contributed by atoms with van der Waals surface area (Å²) in [5, 5.41) is 0.